The van der Waals surface area contributed by atoms with E-state index in [1.165, 1.54) is 23.3 Å². The van der Waals surface area contributed by atoms with Crippen molar-refractivity contribution in [2.45, 2.75) is 238 Å². The van der Waals surface area contributed by atoms with Crippen LogP contribution in [-0.4, -0.2) is 80.1 Å². The average molecular weight is 1340 g/mol. The fourth-order valence-electron chi connectivity index (χ4n) is 12.4. The molecule has 528 valence electrons. The normalized spacial score (nSPS) is 18.7. The first-order valence-electron chi connectivity index (χ1n) is 35.2. The molecule has 0 saturated carbocycles. The van der Waals surface area contributed by atoms with Crippen molar-refractivity contribution < 1.29 is 41.7 Å². The predicted octanol–water partition coefficient (Wildman–Crippen LogP) is 21.3. The van der Waals surface area contributed by atoms with Gasteiger partial charge in [0, 0.05) is 72.6 Å². The van der Waals surface area contributed by atoms with E-state index in [4.69, 9.17) is 36.6 Å². The van der Waals surface area contributed by atoms with Gasteiger partial charge in [-0.05, 0) is 141 Å². The van der Waals surface area contributed by atoms with Gasteiger partial charge in [-0.2, -0.15) is 0 Å². The molecule has 1 N–H and O–H groups in total. The van der Waals surface area contributed by atoms with Gasteiger partial charge in [0.1, 0.15) is 24.8 Å². The maximum absolute atomic E-state index is 11.7. The molecule has 2 aromatic heterocycles. The summed E-state index contributed by atoms with van der Waals surface area (Å²) in [5, 5.41) is 13.5. The second-order valence-electron chi connectivity index (χ2n) is 30.9. The van der Waals surface area contributed by atoms with Crippen LogP contribution in [0.2, 0.25) is 36.3 Å². The summed E-state index contributed by atoms with van der Waals surface area (Å²) < 4.78 is 48.3. The molecule has 94 heavy (non-hydrogen) atoms. The van der Waals surface area contributed by atoms with Gasteiger partial charge in [-0.3, -0.25) is 0 Å². The van der Waals surface area contributed by atoms with E-state index in [1.807, 2.05) is 36.4 Å². The minimum absolute atomic E-state index is 0.0214. The third-order valence-electron chi connectivity index (χ3n) is 20.4. The molecule has 0 aliphatic rings. The number of hydrogen-bond acceptors (Lipinski definition) is 11. The summed E-state index contributed by atoms with van der Waals surface area (Å²) >= 11 is 0. The van der Waals surface area contributed by atoms with Crippen molar-refractivity contribution in [1.29, 1.82) is 0 Å². The van der Waals surface area contributed by atoms with Gasteiger partial charge in [0.15, 0.2) is 16.6 Å². The summed E-state index contributed by atoms with van der Waals surface area (Å²) in [6.07, 6.45) is 25.4. The molecule has 13 heteroatoms. The largest absolute Gasteiger partial charge is 0.423 e. The molecule has 16 atom stereocenters. The lowest BCUT2D eigenvalue weighted by Crippen LogP contribution is -2.49. The predicted molar refractivity (Wildman–Crippen MR) is 403 cm³/mol. The molecule has 0 amide bonds. The van der Waals surface area contributed by atoms with E-state index in [2.05, 4.69) is 232 Å². The molecule has 2 heterocycles. The molecule has 0 bridgehead atoms. The van der Waals surface area contributed by atoms with Gasteiger partial charge in [0.25, 0.3) is 0 Å². The van der Waals surface area contributed by atoms with Gasteiger partial charge in [-0.25, -0.2) is 9.59 Å². The molecule has 2 aromatic carbocycles. The van der Waals surface area contributed by atoms with Crippen molar-refractivity contribution >= 4 is 50.7 Å². The highest BCUT2D eigenvalue weighted by Gasteiger charge is 2.44. The van der Waals surface area contributed by atoms with E-state index < -0.39 is 22.7 Å². The Balaban J connectivity index is 0.000000490. The number of ether oxygens (including phenoxy) is 4. The third kappa shape index (κ3) is 26.4. The van der Waals surface area contributed by atoms with Gasteiger partial charge in [0.2, 0.25) is 0 Å². The minimum Gasteiger partial charge on any atom is -0.423 e. The van der Waals surface area contributed by atoms with E-state index in [1.54, 1.807) is 26.4 Å². The molecule has 0 aliphatic heterocycles. The molecule has 4 aromatic rings. The molecule has 0 saturated heterocycles. The van der Waals surface area contributed by atoms with Crippen LogP contribution >= 0.6 is 0 Å². The number of benzene rings is 2. The highest BCUT2D eigenvalue weighted by atomic mass is 28.4. The zero-order valence-corrected chi connectivity index (χ0v) is 65.6. The van der Waals surface area contributed by atoms with Crippen LogP contribution in [0, 0.1) is 65.1 Å². The first kappa shape index (κ1) is 83.7. The number of hydrogen-bond donors (Lipinski definition) is 1. The number of aliphatic hydroxyl groups is 1. The minimum atomic E-state index is -2.10. The lowest BCUT2D eigenvalue weighted by molar-refractivity contribution is -0.0948. The number of aliphatic hydroxyl groups excluding tert-OH is 1. The van der Waals surface area contributed by atoms with E-state index in [-0.39, 0.29) is 101 Å². The molecule has 0 radical (unpaired) electrons. The first-order valence-corrected chi connectivity index (χ1v) is 41.0. The number of fused-ring (bicyclic) bond motifs is 2. The quantitative estimate of drug-likeness (QED) is 0.0202. The maximum atomic E-state index is 11.7. The van der Waals surface area contributed by atoms with Crippen molar-refractivity contribution in [2.24, 2.45) is 65.1 Å². The molecular formula is C81H130O11Si2. The van der Waals surface area contributed by atoms with E-state index in [9.17, 15) is 14.7 Å². The Labute approximate surface area is 572 Å². The SMILES string of the molecule is CC/C=C\C(C)[C@H](C)[C@@H](C)[C@H](O[Si](C)(C)C(C)(C)C)[C@@H](C)C/C(C)=C\[C@H](C)[C@@H](OCOC)C(C)/C=C\c1ccc2ccc(=O)oc2c1.CC/C=C\C(C)[C@H](O)[C@@H](C)[C@H](O[Si](C)(C)C(C)(C)C)[C@@H](C)C/C(C)=C\[C@H](C)[C@@H](OCOC)C(C)/C=C\c1ccc2ccc(=O)oc2c1. The summed E-state index contributed by atoms with van der Waals surface area (Å²) in [5.41, 5.74) is 5.05. The molecule has 0 fully saturated rings. The molecular weight excluding hydrogens is 1210 g/mol. The average Bonchev–Trinajstić information content (AvgIpc) is 0.859. The fourth-order valence-corrected chi connectivity index (χ4v) is 15.4. The van der Waals surface area contributed by atoms with Crippen LogP contribution in [0.25, 0.3) is 34.1 Å². The van der Waals surface area contributed by atoms with Gasteiger partial charge in [-0.15, -0.1) is 0 Å². The Morgan fingerprint density at radius 3 is 1.21 bits per heavy atom. The summed E-state index contributed by atoms with van der Waals surface area (Å²) in [4.78, 5) is 23.4. The van der Waals surface area contributed by atoms with Crippen molar-refractivity contribution in [3.8, 4) is 0 Å². The highest BCUT2D eigenvalue weighted by Crippen LogP contribution is 2.43. The van der Waals surface area contributed by atoms with Crippen LogP contribution in [0.1, 0.15) is 182 Å². The second kappa shape index (κ2) is 39.1. The van der Waals surface area contributed by atoms with Gasteiger partial charge >= 0.3 is 11.3 Å². The lowest BCUT2D eigenvalue weighted by Gasteiger charge is -2.44. The van der Waals surface area contributed by atoms with E-state index in [0.717, 1.165) is 47.6 Å². The number of rotatable bonds is 36. The lowest BCUT2D eigenvalue weighted by atomic mass is 9.77. The Hall–Kier alpha value is -4.55. The van der Waals surface area contributed by atoms with Crippen LogP contribution in [0.5, 0.6) is 0 Å². The van der Waals surface area contributed by atoms with Gasteiger partial charge in [0.05, 0.1) is 30.5 Å². The van der Waals surface area contributed by atoms with Crippen molar-refractivity contribution in [1.82, 2.24) is 0 Å². The fraction of sp³-hybridized carbons (Fsp3) is 0.630. The van der Waals surface area contributed by atoms with Crippen LogP contribution < -0.4 is 11.3 Å². The van der Waals surface area contributed by atoms with Crippen LogP contribution in [0.3, 0.4) is 0 Å². The number of allylic oxidation sites excluding steroid dienone is 5. The monoisotopic (exact) mass is 1330 g/mol. The summed E-state index contributed by atoms with van der Waals surface area (Å²) in [5.74, 6) is 2.54. The summed E-state index contributed by atoms with van der Waals surface area (Å²) in [6.45, 7) is 57.2. The highest BCUT2D eigenvalue weighted by molar-refractivity contribution is 6.74. The molecule has 0 aliphatic carbocycles. The zero-order valence-electron chi connectivity index (χ0n) is 63.6. The Morgan fingerprint density at radius 1 is 0.489 bits per heavy atom. The molecule has 0 spiro atoms. The molecule has 4 unspecified atom stereocenters. The maximum Gasteiger partial charge on any atom is 0.336 e. The number of methoxy groups -OCH3 is 2. The third-order valence-corrected chi connectivity index (χ3v) is 29.4. The Kier molecular flexibility index (Phi) is 34.9. The van der Waals surface area contributed by atoms with Gasteiger partial charge < -0.3 is 41.7 Å². The smallest absolute Gasteiger partial charge is 0.336 e. The van der Waals surface area contributed by atoms with Crippen LogP contribution in [0.15, 0.2) is 139 Å². The van der Waals surface area contributed by atoms with Crippen LogP contribution in [-0.2, 0) is 27.8 Å². The van der Waals surface area contributed by atoms with E-state index >= 15 is 0 Å². The summed E-state index contributed by atoms with van der Waals surface area (Å²) in [7, 11) is -0.776. The van der Waals surface area contributed by atoms with Crippen LogP contribution in [0.4, 0.5) is 0 Å². The van der Waals surface area contributed by atoms with Crippen molar-refractivity contribution in [2.75, 3.05) is 27.8 Å². The van der Waals surface area contributed by atoms with Crippen molar-refractivity contribution in [3.63, 3.8) is 0 Å². The molecule has 4 rings (SSSR count). The Bertz CT molecular complexity index is 2970. The summed E-state index contributed by atoms with van der Waals surface area (Å²) in [6, 6.07) is 18.2. The van der Waals surface area contributed by atoms with E-state index in [0.29, 0.717) is 34.8 Å². The zero-order chi connectivity index (χ0) is 71.1. The van der Waals surface area contributed by atoms with Crippen molar-refractivity contribution in [3.05, 3.63) is 152 Å². The van der Waals surface area contributed by atoms with Gasteiger partial charge in [-0.1, -0.05) is 228 Å². The second-order valence-corrected chi connectivity index (χ2v) is 40.4. The standard InChI is InChI=1S/C41H66O5Si.C40H64O6Si/c1-15-16-17-29(3)33(7)34(8)40(46-47(13,14)41(9,10)11)32(6)25-28(2)24-31(5)39(44-27-43-12)30(4)18-19-35-20-21-36-22-23-38(42)45-37(36)26-35;1-14-15-16-28(3)37(42)32(7)39(46-47(12,13)40(8,9)10)31(6)24-27(2)23-30(5)38(44-26-43-11)29(4)17-18-33-19-20-34-21-22-36(41)45-35(34)25-33/h16-24,26,29-34,39-40H,15,25,27H2,1-14H3;15-23,25,28-32,37-39,42H,14,24,26H2,1-13H3/b17-16-,19-18-,28-24-;16-15-,18-17-,27-23-/t29?,30?,31-,32-,33-,34+,39-,40+;28?,29?,30-,31-,32+,37-,38-,39+/m00/s1. The Morgan fingerprint density at radius 2 is 0.851 bits per heavy atom. The first-order chi connectivity index (χ1) is 43.8. The topological polar surface area (TPSA) is 136 Å². The molecule has 11 nitrogen and oxygen atoms in total.